The molecule has 0 aliphatic carbocycles. The van der Waals surface area contributed by atoms with Crippen LogP contribution >= 0.6 is 0 Å². The molecule has 2 aliphatic rings. The molecule has 32 heavy (non-hydrogen) atoms. The second kappa shape index (κ2) is 9.42. The minimum Gasteiger partial charge on any atom is -0.339 e. The minimum atomic E-state index is -0.229. The molecule has 2 heterocycles. The Labute approximate surface area is 189 Å². The summed E-state index contributed by atoms with van der Waals surface area (Å²) in [6.07, 6.45) is 1.08. The van der Waals surface area contributed by atoms with Crippen LogP contribution in [0.25, 0.3) is 0 Å². The van der Waals surface area contributed by atoms with Crippen LogP contribution < -0.4 is 5.32 Å². The van der Waals surface area contributed by atoms with E-state index >= 15 is 0 Å². The number of hydrogen-bond donors (Lipinski definition) is 1. The van der Waals surface area contributed by atoms with Gasteiger partial charge in [0.25, 0.3) is 0 Å². The zero-order chi connectivity index (χ0) is 22.7. The molecule has 1 N–H and O–H groups in total. The van der Waals surface area contributed by atoms with Crippen molar-refractivity contribution in [3.05, 3.63) is 65.2 Å². The van der Waals surface area contributed by atoms with Gasteiger partial charge in [0, 0.05) is 45.3 Å². The van der Waals surface area contributed by atoms with Crippen LogP contribution in [0.4, 0.5) is 10.5 Å². The maximum absolute atomic E-state index is 13.1. The third kappa shape index (κ3) is 4.77. The molecule has 1 atom stereocenters. The Morgan fingerprint density at radius 1 is 0.938 bits per heavy atom. The van der Waals surface area contributed by atoms with Crippen molar-refractivity contribution in [1.29, 1.82) is 0 Å². The summed E-state index contributed by atoms with van der Waals surface area (Å²) in [7, 11) is 0. The summed E-state index contributed by atoms with van der Waals surface area (Å²) in [6.45, 7) is 6.15. The molecule has 0 aromatic heterocycles. The van der Waals surface area contributed by atoms with Crippen molar-refractivity contribution in [1.82, 2.24) is 14.7 Å². The lowest BCUT2D eigenvalue weighted by atomic mass is 9.90. The number of benzene rings is 2. The first-order valence-electron chi connectivity index (χ1n) is 11.2. The molecule has 1 saturated heterocycles. The van der Waals surface area contributed by atoms with Crippen molar-refractivity contribution in [2.45, 2.75) is 32.7 Å². The van der Waals surface area contributed by atoms with Gasteiger partial charge in [-0.25, -0.2) is 4.79 Å². The highest BCUT2D eigenvalue weighted by Gasteiger charge is 2.33. The Morgan fingerprint density at radius 2 is 1.66 bits per heavy atom. The Hall–Kier alpha value is -3.35. The first kappa shape index (κ1) is 21.9. The zero-order valence-corrected chi connectivity index (χ0v) is 18.7. The molecule has 168 valence electrons. The smallest absolute Gasteiger partial charge is 0.321 e. The fourth-order valence-electron chi connectivity index (χ4n) is 4.63. The third-order valence-electron chi connectivity index (χ3n) is 6.37. The highest BCUT2D eigenvalue weighted by atomic mass is 16.2. The Kier molecular flexibility index (Phi) is 6.44. The molecule has 7 nitrogen and oxygen atoms in total. The number of carbonyl (C=O) groups is 3. The van der Waals surface area contributed by atoms with Crippen molar-refractivity contribution < 1.29 is 14.4 Å². The van der Waals surface area contributed by atoms with Gasteiger partial charge >= 0.3 is 6.03 Å². The topological polar surface area (TPSA) is 73.0 Å². The fourth-order valence-corrected chi connectivity index (χ4v) is 4.63. The zero-order valence-electron chi connectivity index (χ0n) is 18.7. The lowest BCUT2D eigenvalue weighted by Crippen LogP contribution is -2.52. The van der Waals surface area contributed by atoms with Gasteiger partial charge in [-0.05, 0) is 42.2 Å². The summed E-state index contributed by atoms with van der Waals surface area (Å²) >= 11 is 0. The van der Waals surface area contributed by atoms with E-state index in [1.54, 1.807) is 11.8 Å². The molecule has 0 bridgehead atoms. The number of urea groups is 1. The molecule has 0 spiro atoms. The quantitative estimate of drug-likeness (QED) is 0.806. The second-order valence-corrected chi connectivity index (χ2v) is 8.55. The van der Waals surface area contributed by atoms with Crippen molar-refractivity contribution in [2.75, 3.05) is 38.0 Å². The van der Waals surface area contributed by atoms with Crippen LogP contribution in [0.3, 0.4) is 0 Å². The van der Waals surface area contributed by atoms with E-state index in [1.165, 1.54) is 5.56 Å². The number of rotatable bonds is 3. The molecule has 0 radical (unpaired) electrons. The van der Waals surface area contributed by atoms with Crippen LogP contribution in [0.2, 0.25) is 0 Å². The van der Waals surface area contributed by atoms with E-state index in [-0.39, 0.29) is 30.3 Å². The molecule has 4 amide bonds. The van der Waals surface area contributed by atoms with Gasteiger partial charge in [0.05, 0.1) is 12.5 Å². The first-order valence-corrected chi connectivity index (χ1v) is 11.2. The molecule has 1 unspecified atom stereocenters. The van der Waals surface area contributed by atoms with E-state index in [2.05, 4.69) is 11.4 Å². The Balaban J connectivity index is 1.36. The molecule has 4 rings (SSSR count). The average molecular weight is 435 g/mol. The van der Waals surface area contributed by atoms with Gasteiger partial charge in [-0.15, -0.1) is 0 Å². The van der Waals surface area contributed by atoms with Crippen LogP contribution in [0, 0.1) is 6.92 Å². The van der Waals surface area contributed by atoms with Crippen molar-refractivity contribution in [3.8, 4) is 0 Å². The van der Waals surface area contributed by atoms with Gasteiger partial charge in [0.15, 0.2) is 0 Å². The van der Waals surface area contributed by atoms with Gasteiger partial charge in [0.2, 0.25) is 11.8 Å². The number of amides is 4. The van der Waals surface area contributed by atoms with Gasteiger partial charge < -0.3 is 20.0 Å². The highest BCUT2D eigenvalue weighted by Crippen LogP contribution is 2.33. The van der Waals surface area contributed by atoms with E-state index in [0.29, 0.717) is 32.7 Å². The monoisotopic (exact) mass is 434 g/mol. The number of aryl methyl sites for hydroxylation is 1. The second-order valence-electron chi connectivity index (χ2n) is 8.55. The Morgan fingerprint density at radius 3 is 2.38 bits per heavy atom. The van der Waals surface area contributed by atoms with Crippen molar-refractivity contribution in [2.24, 2.45) is 0 Å². The van der Waals surface area contributed by atoms with Gasteiger partial charge in [0.1, 0.15) is 0 Å². The summed E-state index contributed by atoms with van der Waals surface area (Å²) in [5.74, 6) is 0.0200. The van der Waals surface area contributed by atoms with Crippen LogP contribution in [0.1, 0.15) is 36.1 Å². The molecule has 2 aromatic carbocycles. The van der Waals surface area contributed by atoms with Gasteiger partial charge in [-0.2, -0.15) is 0 Å². The van der Waals surface area contributed by atoms with Gasteiger partial charge in [-0.1, -0.05) is 36.4 Å². The summed E-state index contributed by atoms with van der Waals surface area (Å²) in [6, 6.07) is 15.4. The minimum absolute atomic E-state index is 0.00468. The molecule has 1 fully saturated rings. The van der Waals surface area contributed by atoms with E-state index in [1.807, 2.05) is 59.2 Å². The van der Waals surface area contributed by atoms with Crippen LogP contribution in [0.15, 0.2) is 48.5 Å². The van der Waals surface area contributed by atoms with Crippen molar-refractivity contribution in [3.63, 3.8) is 0 Å². The lowest BCUT2D eigenvalue weighted by molar-refractivity contribution is -0.137. The standard InChI is InChI=1S/C25H30N4O3/c1-18-6-5-8-21(16-18)26-25(32)28-14-12-27(13-15-28)24(31)17-23-22-9-4-3-7-20(22)10-11-29(23)19(2)30/h3-9,16,23H,10-15,17H2,1-2H3,(H,26,32). The lowest BCUT2D eigenvalue weighted by Gasteiger charge is -2.39. The molecule has 0 saturated carbocycles. The molecule has 2 aliphatic heterocycles. The Bertz CT molecular complexity index is 1010. The molecule has 2 aromatic rings. The van der Waals surface area contributed by atoms with Crippen molar-refractivity contribution >= 4 is 23.5 Å². The maximum atomic E-state index is 13.1. The average Bonchev–Trinajstić information content (AvgIpc) is 2.79. The predicted molar refractivity (Wildman–Crippen MR) is 123 cm³/mol. The normalized spacial score (nSPS) is 18.2. The predicted octanol–water partition coefficient (Wildman–Crippen LogP) is 3.21. The summed E-state index contributed by atoms with van der Waals surface area (Å²) in [5, 5.41) is 2.93. The molecule has 7 heteroatoms. The summed E-state index contributed by atoms with van der Waals surface area (Å²) in [5.41, 5.74) is 4.13. The van der Waals surface area contributed by atoms with E-state index < -0.39 is 0 Å². The van der Waals surface area contributed by atoms with E-state index in [0.717, 1.165) is 23.2 Å². The molecular weight excluding hydrogens is 404 g/mol. The van der Waals surface area contributed by atoms with Crippen LogP contribution in [-0.4, -0.2) is 65.3 Å². The summed E-state index contributed by atoms with van der Waals surface area (Å²) in [4.78, 5) is 43.3. The fraction of sp³-hybridized carbons (Fsp3) is 0.400. The van der Waals surface area contributed by atoms with E-state index in [9.17, 15) is 14.4 Å². The summed E-state index contributed by atoms with van der Waals surface area (Å²) < 4.78 is 0. The highest BCUT2D eigenvalue weighted by molar-refractivity contribution is 5.89. The number of nitrogens with zero attached hydrogens (tertiary/aromatic N) is 3. The SMILES string of the molecule is CC(=O)N1CCc2ccccc2C1CC(=O)N1CCN(C(=O)Nc2cccc(C)c2)CC1. The number of hydrogen-bond acceptors (Lipinski definition) is 3. The third-order valence-corrected chi connectivity index (χ3v) is 6.37. The number of piperazine rings is 1. The van der Waals surface area contributed by atoms with Gasteiger partial charge in [-0.3, -0.25) is 9.59 Å². The first-order chi connectivity index (χ1) is 15.4. The van der Waals surface area contributed by atoms with Crippen LogP contribution in [0.5, 0.6) is 0 Å². The maximum Gasteiger partial charge on any atom is 0.321 e. The largest absolute Gasteiger partial charge is 0.339 e. The van der Waals surface area contributed by atoms with Crippen LogP contribution in [-0.2, 0) is 16.0 Å². The number of nitrogens with one attached hydrogen (secondary N) is 1. The number of anilines is 1. The van der Waals surface area contributed by atoms with E-state index in [4.69, 9.17) is 0 Å². The molecular formula is C25H30N4O3. The number of fused-ring (bicyclic) bond motifs is 1. The number of carbonyl (C=O) groups excluding carboxylic acids is 3.